The summed E-state index contributed by atoms with van der Waals surface area (Å²) in [5.74, 6) is -1.30. The highest BCUT2D eigenvalue weighted by molar-refractivity contribution is 6.33. The third-order valence-electron chi connectivity index (χ3n) is 3.44. The number of hydrogen-bond acceptors (Lipinski definition) is 4. The molecule has 0 radical (unpaired) electrons. The molecule has 0 saturated heterocycles. The average molecular weight is 360 g/mol. The van der Waals surface area contributed by atoms with Crippen molar-refractivity contribution < 1.29 is 14.0 Å². The third kappa shape index (κ3) is 3.72. The predicted molar refractivity (Wildman–Crippen MR) is 94.9 cm³/mol. The van der Waals surface area contributed by atoms with Crippen LogP contribution < -0.4 is 16.4 Å². The summed E-state index contributed by atoms with van der Waals surface area (Å²) in [6, 6.07) is 11.5. The van der Waals surface area contributed by atoms with Crippen LogP contribution in [0, 0.1) is 0 Å². The number of carbonyl (C=O) groups is 2. The minimum atomic E-state index is -0.616. The minimum Gasteiger partial charge on any atom is -0.408 e. The van der Waals surface area contributed by atoms with Crippen LogP contribution >= 0.6 is 11.6 Å². The highest BCUT2D eigenvalue weighted by Gasteiger charge is 2.13. The van der Waals surface area contributed by atoms with E-state index in [1.807, 2.05) is 0 Å². The maximum Gasteiger partial charge on any atom is 0.420 e. The van der Waals surface area contributed by atoms with Gasteiger partial charge in [0.25, 0.3) is 0 Å². The first-order valence-electron chi connectivity index (χ1n) is 7.39. The molecule has 0 fully saturated rings. The van der Waals surface area contributed by atoms with E-state index in [0.29, 0.717) is 27.5 Å². The molecule has 3 rings (SSSR count). The molecule has 2 amide bonds. The number of rotatable bonds is 4. The van der Waals surface area contributed by atoms with Crippen LogP contribution in [-0.2, 0) is 16.1 Å². The van der Waals surface area contributed by atoms with Crippen LogP contribution in [0.2, 0.25) is 5.02 Å². The maximum absolute atomic E-state index is 12.3. The van der Waals surface area contributed by atoms with Gasteiger partial charge in [-0.15, -0.1) is 0 Å². The lowest BCUT2D eigenvalue weighted by atomic mass is 10.2. The van der Waals surface area contributed by atoms with E-state index in [4.69, 9.17) is 16.0 Å². The van der Waals surface area contributed by atoms with E-state index >= 15 is 0 Å². The van der Waals surface area contributed by atoms with E-state index in [-0.39, 0.29) is 12.5 Å². The quantitative estimate of drug-likeness (QED) is 0.749. The Morgan fingerprint density at radius 1 is 1.16 bits per heavy atom. The molecule has 0 bridgehead atoms. The lowest BCUT2D eigenvalue weighted by molar-refractivity contribution is -0.117. The van der Waals surface area contributed by atoms with E-state index in [9.17, 15) is 14.4 Å². The molecule has 128 valence electrons. The Labute approximate surface area is 147 Å². The zero-order chi connectivity index (χ0) is 18.0. The smallest absolute Gasteiger partial charge is 0.408 e. The molecule has 1 heterocycles. The van der Waals surface area contributed by atoms with Gasteiger partial charge in [0.15, 0.2) is 5.58 Å². The molecule has 2 N–H and O–H groups in total. The van der Waals surface area contributed by atoms with Crippen molar-refractivity contribution in [2.24, 2.45) is 0 Å². The highest BCUT2D eigenvalue weighted by Crippen LogP contribution is 2.25. The van der Waals surface area contributed by atoms with Gasteiger partial charge >= 0.3 is 5.76 Å². The van der Waals surface area contributed by atoms with Crippen LogP contribution in [0.5, 0.6) is 0 Å². The molecule has 0 spiro atoms. The largest absolute Gasteiger partial charge is 0.420 e. The van der Waals surface area contributed by atoms with E-state index in [1.54, 1.807) is 36.4 Å². The molecule has 25 heavy (non-hydrogen) atoms. The number of carbonyl (C=O) groups excluding carboxylic acids is 2. The summed E-state index contributed by atoms with van der Waals surface area (Å²) in [5, 5.41) is 5.55. The lowest BCUT2D eigenvalue weighted by Crippen LogP contribution is -2.25. The average Bonchev–Trinajstić information content (AvgIpc) is 2.86. The van der Waals surface area contributed by atoms with Gasteiger partial charge in [0.05, 0.1) is 16.2 Å². The second-order valence-electron chi connectivity index (χ2n) is 5.35. The normalized spacial score (nSPS) is 10.6. The van der Waals surface area contributed by atoms with Gasteiger partial charge in [0.1, 0.15) is 6.54 Å². The van der Waals surface area contributed by atoms with Crippen molar-refractivity contribution in [2.45, 2.75) is 13.5 Å². The van der Waals surface area contributed by atoms with Crippen LogP contribution in [0.15, 0.2) is 51.7 Å². The van der Waals surface area contributed by atoms with Gasteiger partial charge in [-0.2, -0.15) is 0 Å². The number of hydrogen-bond donors (Lipinski definition) is 2. The molecule has 8 heteroatoms. The Bertz CT molecular complexity index is 1020. The summed E-state index contributed by atoms with van der Waals surface area (Å²) in [6.45, 7) is 1.15. The summed E-state index contributed by atoms with van der Waals surface area (Å²) in [4.78, 5) is 35.3. The first-order chi connectivity index (χ1) is 11.9. The molecule has 3 aromatic rings. The first-order valence-corrected chi connectivity index (χ1v) is 7.77. The van der Waals surface area contributed by atoms with Crippen molar-refractivity contribution in [3.8, 4) is 0 Å². The zero-order valence-electron chi connectivity index (χ0n) is 13.2. The van der Waals surface area contributed by atoms with Gasteiger partial charge in [-0.05, 0) is 30.3 Å². The molecule has 7 nitrogen and oxygen atoms in total. The molecule has 0 aliphatic heterocycles. The van der Waals surface area contributed by atoms with Crippen molar-refractivity contribution in [3.63, 3.8) is 0 Å². The molecule has 1 aromatic heterocycles. The fraction of sp³-hybridized carbons (Fsp3) is 0.118. The number of amides is 2. The van der Waals surface area contributed by atoms with Gasteiger partial charge in [-0.3, -0.25) is 14.2 Å². The van der Waals surface area contributed by atoms with Crippen LogP contribution in [0.1, 0.15) is 6.92 Å². The molecule has 2 aromatic carbocycles. The minimum absolute atomic E-state index is 0.226. The van der Waals surface area contributed by atoms with E-state index in [2.05, 4.69) is 10.6 Å². The number of aromatic nitrogens is 1. The lowest BCUT2D eigenvalue weighted by Gasteiger charge is -2.10. The van der Waals surface area contributed by atoms with Crippen LogP contribution in [0.4, 0.5) is 11.4 Å². The van der Waals surface area contributed by atoms with Gasteiger partial charge in [0.2, 0.25) is 11.8 Å². The number of benzene rings is 2. The Balaban J connectivity index is 1.82. The Morgan fingerprint density at radius 3 is 2.68 bits per heavy atom. The Hall–Kier alpha value is -3.06. The number of nitrogens with zero attached hydrogens (tertiary/aromatic N) is 1. The Morgan fingerprint density at radius 2 is 1.92 bits per heavy atom. The van der Waals surface area contributed by atoms with E-state index in [0.717, 1.165) is 0 Å². The molecular weight excluding hydrogens is 346 g/mol. The second-order valence-corrected chi connectivity index (χ2v) is 5.75. The maximum atomic E-state index is 12.3. The number of halogens is 1. The molecule has 0 aliphatic rings. The molecule has 0 unspecified atom stereocenters. The molecule has 0 atom stereocenters. The standard InChI is InChI=1S/C17H14ClN3O4/c1-10(22)19-11-6-7-12(18)13(8-11)20-16(23)9-21-14-4-2-3-5-15(14)25-17(21)24/h2-8H,9H2,1H3,(H,19,22)(H,20,23). The number of nitrogens with one attached hydrogen (secondary N) is 2. The number of anilines is 2. The number of fused-ring (bicyclic) bond motifs is 1. The summed E-state index contributed by atoms with van der Waals surface area (Å²) in [7, 11) is 0. The van der Waals surface area contributed by atoms with E-state index < -0.39 is 11.7 Å². The van der Waals surface area contributed by atoms with Gasteiger partial charge in [0, 0.05) is 12.6 Å². The molecule has 0 aliphatic carbocycles. The fourth-order valence-electron chi connectivity index (χ4n) is 2.40. The van der Waals surface area contributed by atoms with Gasteiger partial charge in [-0.1, -0.05) is 23.7 Å². The van der Waals surface area contributed by atoms with Crippen molar-refractivity contribution in [2.75, 3.05) is 10.6 Å². The summed E-state index contributed by atoms with van der Waals surface area (Å²) in [5.41, 5.74) is 1.77. The van der Waals surface area contributed by atoms with Crippen LogP contribution in [-0.4, -0.2) is 16.4 Å². The van der Waals surface area contributed by atoms with Crippen LogP contribution in [0.3, 0.4) is 0 Å². The van der Waals surface area contributed by atoms with Crippen molar-refractivity contribution in [1.82, 2.24) is 4.57 Å². The van der Waals surface area contributed by atoms with Crippen molar-refractivity contribution >= 4 is 45.9 Å². The predicted octanol–water partition coefficient (Wildman–Crippen LogP) is 2.85. The number of oxazole rings is 1. The van der Waals surface area contributed by atoms with Crippen molar-refractivity contribution in [3.05, 3.63) is 58.0 Å². The third-order valence-corrected chi connectivity index (χ3v) is 3.77. The van der Waals surface area contributed by atoms with Crippen LogP contribution in [0.25, 0.3) is 11.1 Å². The summed E-state index contributed by atoms with van der Waals surface area (Å²) in [6.07, 6.45) is 0. The Kier molecular flexibility index (Phi) is 4.58. The molecular formula is C17H14ClN3O4. The molecule has 0 saturated carbocycles. The van der Waals surface area contributed by atoms with Gasteiger partial charge in [-0.25, -0.2) is 4.79 Å². The van der Waals surface area contributed by atoms with E-state index in [1.165, 1.54) is 17.6 Å². The zero-order valence-corrected chi connectivity index (χ0v) is 14.0. The summed E-state index contributed by atoms with van der Waals surface area (Å²) < 4.78 is 6.32. The van der Waals surface area contributed by atoms with Gasteiger partial charge < -0.3 is 15.1 Å². The topological polar surface area (TPSA) is 93.3 Å². The monoisotopic (exact) mass is 359 g/mol. The highest BCUT2D eigenvalue weighted by atomic mass is 35.5. The number of para-hydroxylation sites is 2. The summed E-state index contributed by atoms with van der Waals surface area (Å²) >= 11 is 6.07. The first kappa shape index (κ1) is 16.8. The van der Waals surface area contributed by atoms with Crippen molar-refractivity contribution in [1.29, 1.82) is 0 Å². The fourth-order valence-corrected chi connectivity index (χ4v) is 2.56. The SMILES string of the molecule is CC(=O)Nc1ccc(Cl)c(NC(=O)Cn2c(=O)oc3ccccc32)c1. The second kappa shape index (κ2) is 6.82.